The molecule has 0 radical (unpaired) electrons. The monoisotopic (exact) mass is 419 g/mol. The zero-order valence-electron chi connectivity index (χ0n) is 17.7. The molecule has 3 nitrogen and oxygen atoms in total. The largest absolute Gasteiger partial charge is 0.276 e. The quantitative estimate of drug-likeness (QED) is 0.187. The van der Waals surface area contributed by atoms with Crippen LogP contribution in [0.5, 0.6) is 0 Å². The van der Waals surface area contributed by atoms with E-state index in [9.17, 15) is 0 Å². The lowest BCUT2D eigenvalue weighted by Gasteiger charge is -2.15. The summed E-state index contributed by atoms with van der Waals surface area (Å²) in [4.78, 5) is 10.3. The number of para-hydroxylation sites is 3. The van der Waals surface area contributed by atoms with E-state index in [4.69, 9.17) is 9.97 Å². The van der Waals surface area contributed by atoms with Gasteiger partial charge < -0.3 is 0 Å². The topological polar surface area (TPSA) is 30.2 Å². The minimum Gasteiger partial charge on any atom is -0.276 e. The van der Waals surface area contributed by atoms with Crippen LogP contribution in [0.2, 0.25) is 0 Å². The van der Waals surface area contributed by atoms with E-state index in [-0.39, 0.29) is 0 Å². The number of hydrogen-bond acceptors (Lipinski definition) is 2. The summed E-state index contributed by atoms with van der Waals surface area (Å²) in [5.41, 5.74) is 4.97. The molecule has 0 fully saturated rings. The van der Waals surface area contributed by atoms with Gasteiger partial charge in [0, 0.05) is 21.5 Å². The SMILES string of the molecule is c1ccc2nc3c(cc2c1)c1c2ccccc2c2ccccc2c1c1nc2ccccc2n31. The summed E-state index contributed by atoms with van der Waals surface area (Å²) in [5, 5.41) is 9.68. The highest BCUT2D eigenvalue weighted by Crippen LogP contribution is 2.42. The molecule has 3 heteroatoms. The number of imidazole rings is 1. The molecule has 0 bridgehead atoms. The molecule has 0 aliphatic heterocycles. The average molecular weight is 419 g/mol. The fourth-order valence-electron chi connectivity index (χ4n) is 5.52. The highest BCUT2D eigenvalue weighted by atomic mass is 15.1. The van der Waals surface area contributed by atoms with Gasteiger partial charge in [-0.1, -0.05) is 78.9 Å². The van der Waals surface area contributed by atoms with Gasteiger partial charge in [0.05, 0.1) is 16.6 Å². The van der Waals surface area contributed by atoms with Gasteiger partial charge in [0.1, 0.15) is 11.3 Å². The van der Waals surface area contributed by atoms with E-state index in [2.05, 4.69) is 101 Å². The van der Waals surface area contributed by atoms with Crippen LogP contribution in [0, 0.1) is 0 Å². The predicted octanol–water partition coefficient (Wildman–Crippen LogP) is 7.65. The molecule has 0 spiro atoms. The van der Waals surface area contributed by atoms with Gasteiger partial charge >= 0.3 is 0 Å². The Morgan fingerprint density at radius 2 is 1.03 bits per heavy atom. The van der Waals surface area contributed by atoms with Gasteiger partial charge in [-0.3, -0.25) is 4.40 Å². The van der Waals surface area contributed by atoms with Crippen molar-refractivity contribution in [2.45, 2.75) is 0 Å². The number of aromatic nitrogens is 3. The molecule has 0 saturated heterocycles. The number of hydrogen-bond donors (Lipinski definition) is 0. The second-order valence-corrected chi connectivity index (χ2v) is 8.65. The number of rotatable bonds is 0. The summed E-state index contributed by atoms with van der Waals surface area (Å²) in [6.45, 7) is 0. The van der Waals surface area contributed by atoms with Crippen molar-refractivity contribution in [3.05, 3.63) is 103 Å². The minimum absolute atomic E-state index is 0.949. The Morgan fingerprint density at radius 3 is 1.82 bits per heavy atom. The Balaban J connectivity index is 1.84. The fourth-order valence-corrected chi connectivity index (χ4v) is 5.52. The Morgan fingerprint density at radius 1 is 0.455 bits per heavy atom. The lowest BCUT2D eigenvalue weighted by atomic mass is 9.93. The van der Waals surface area contributed by atoms with Gasteiger partial charge in [0.25, 0.3) is 0 Å². The first-order valence-electron chi connectivity index (χ1n) is 11.2. The van der Waals surface area contributed by atoms with Gasteiger partial charge in [-0.2, -0.15) is 0 Å². The predicted molar refractivity (Wildman–Crippen MR) is 138 cm³/mol. The van der Waals surface area contributed by atoms with E-state index in [1.807, 2.05) is 6.07 Å². The molecule has 0 aliphatic rings. The van der Waals surface area contributed by atoms with E-state index >= 15 is 0 Å². The summed E-state index contributed by atoms with van der Waals surface area (Å²) in [6.07, 6.45) is 0. The molecule has 152 valence electrons. The van der Waals surface area contributed by atoms with Crippen molar-refractivity contribution in [3.8, 4) is 0 Å². The molecular formula is C30H17N3. The Labute approximate surface area is 188 Å². The lowest BCUT2D eigenvalue weighted by molar-refractivity contribution is 1.26. The maximum atomic E-state index is 5.19. The van der Waals surface area contributed by atoms with E-state index < -0.39 is 0 Å². The van der Waals surface area contributed by atoms with Crippen LogP contribution in [-0.2, 0) is 0 Å². The van der Waals surface area contributed by atoms with Crippen LogP contribution in [0.1, 0.15) is 0 Å². The number of pyridine rings is 2. The van der Waals surface area contributed by atoms with Crippen molar-refractivity contribution in [1.29, 1.82) is 0 Å². The van der Waals surface area contributed by atoms with Crippen LogP contribution in [-0.4, -0.2) is 14.4 Å². The zero-order valence-corrected chi connectivity index (χ0v) is 17.7. The summed E-state index contributed by atoms with van der Waals surface area (Å²) in [6, 6.07) is 36.4. The van der Waals surface area contributed by atoms with Crippen molar-refractivity contribution in [1.82, 2.24) is 14.4 Å². The molecule has 0 N–H and O–H groups in total. The summed E-state index contributed by atoms with van der Waals surface area (Å²) >= 11 is 0. The van der Waals surface area contributed by atoms with Crippen molar-refractivity contribution < 1.29 is 0 Å². The molecule has 0 atom stereocenters. The molecular weight excluding hydrogens is 402 g/mol. The Kier molecular flexibility index (Phi) is 3.14. The van der Waals surface area contributed by atoms with Crippen molar-refractivity contribution in [2.75, 3.05) is 0 Å². The number of fused-ring (bicyclic) bond motifs is 14. The molecule has 3 heterocycles. The standard InChI is InChI=1S/C30H17N3/c1-6-14-24-18(9-1)17-23-27-21-12-4-2-10-19(21)20-11-3-5-13-22(20)28(27)30-32-25-15-7-8-16-26(25)33(30)29(23)31-24/h1-17H. The molecule has 33 heavy (non-hydrogen) atoms. The maximum Gasteiger partial charge on any atom is 0.148 e. The Hall–Kier alpha value is -4.50. The first-order valence-corrected chi connectivity index (χ1v) is 11.2. The average Bonchev–Trinajstić information content (AvgIpc) is 3.27. The normalized spacial score (nSPS) is 12.2. The smallest absolute Gasteiger partial charge is 0.148 e. The number of nitrogens with zero attached hydrogens (tertiary/aromatic N) is 3. The van der Waals surface area contributed by atoms with Gasteiger partial charge in [0.15, 0.2) is 0 Å². The van der Waals surface area contributed by atoms with Crippen molar-refractivity contribution >= 4 is 70.9 Å². The first-order chi connectivity index (χ1) is 16.4. The third kappa shape index (κ3) is 2.14. The molecule has 8 rings (SSSR count). The molecule has 0 aliphatic carbocycles. The van der Waals surface area contributed by atoms with Crippen molar-refractivity contribution in [3.63, 3.8) is 0 Å². The molecule has 3 aromatic heterocycles. The summed E-state index contributed by atoms with van der Waals surface area (Å²) in [7, 11) is 0. The van der Waals surface area contributed by atoms with Gasteiger partial charge in [-0.05, 0) is 45.8 Å². The van der Waals surface area contributed by atoms with E-state index in [0.717, 1.165) is 38.6 Å². The third-order valence-electron chi connectivity index (χ3n) is 6.90. The molecule has 0 saturated carbocycles. The minimum atomic E-state index is 0.949. The highest BCUT2D eigenvalue weighted by Gasteiger charge is 2.19. The van der Waals surface area contributed by atoms with Crippen LogP contribution in [0.15, 0.2) is 103 Å². The van der Waals surface area contributed by atoms with Gasteiger partial charge in [0.2, 0.25) is 0 Å². The Bertz CT molecular complexity index is 2080. The lowest BCUT2D eigenvalue weighted by Crippen LogP contribution is -1.96. The van der Waals surface area contributed by atoms with Crippen LogP contribution < -0.4 is 0 Å². The van der Waals surface area contributed by atoms with Gasteiger partial charge in [-0.15, -0.1) is 0 Å². The second-order valence-electron chi connectivity index (χ2n) is 8.65. The first kappa shape index (κ1) is 17.1. The molecule has 5 aromatic carbocycles. The maximum absolute atomic E-state index is 5.19. The number of benzene rings is 5. The fraction of sp³-hybridized carbons (Fsp3) is 0. The zero-order chi connectivity index (χ0) is 21.5. The van der Waals surface area contributed by atoms with Crippen LogP contribution in [0.4, 0.5) is 0 Å². The molecule has 0 amide bonds. The second kappa shape index (κ2) is 6.05. The summed E-state index contributed by atoms with van der Waals surface area (Å²) < 4.78 is 2.25. The van der Waals surface area contributed by atoms with E-state index in [1.165, 1.54) is 32.3 Å². The third-order valence-corrected chi connectivity index (χ3v) is 6.90. The van der Waals surface area contributed by atoms with Crippen molar-refractivity contribution in [2.24, 2.45) is 0 Å². The van der Waals surface area contributed by atoms with Gasteiger partial charge in [-0.25, -0.2) is 9.97 Å². The van der Waals surface area contributed by atoms with Crippen LogP contribution >= 0.6 is 0 Å². The van der Waals surface area contributed by atoms with E-state index in [0.29, 0.717) is 0 Å². The highest BCUT2D eigenvalue weighted by molar-refractivity contribution is 6.34. The van der Waals surface area contributed by atoms with Crippen LogP contribution in [0.3, 0.4) is 0 Å². The van der Waals surface area contributed by atoms with Crippen LogP contribution in [0.25, 0.3) is 70.9 Å². The molecule has 8 aromatic rings. The summed E-state index contributed by atoms with van der Waals surface area (Å²) in [5.74, 6) is 0. The molecule has 0 unspecified atom stereocenters. The van der Waals surface area contributed by atoms with E-state index in [1.54, 1.807) is 0 Å².